The van der Waals surface area contributed by atoms with Crippen molar-refractivity contribution in [1.29, 1.82) is 0 Å². The average Bonchev–Trinajstić information content (AvgIpc) is 2.08. The lowest BCUT2D eigenvalue weighted by atomic mass is 9.90. The lowest BCUT2D eigenvalue weighted by molar-refractivity contribution is -0.256. The molecule has 0 aromatic carbocycles. The highest BCUT2D eigenvalue weighted by Gasteiger charge is 2.38. The van der Waals surface area contributed by atoms with Gasteiger partial charge in [-0.3, -0.25) is 4.90 Å². The predicted molar refractivity (Wildman–Crippen MR) is 57.0 cm³/mol. The third-order valence-electron chi connectivity index (χ3n) is 2.69. The maximum atomic E-state index is 5.71. The summed E-state index contributed by atoms with van der Waals surface area (Å²) in [7, 11) is 0. The number of nitrogens with zero attached hydrogens (tertiary/aromatic N) is 1. The average molecular weight is 201 g/mol. The second kappa shape index (κ2) is 4.60. The highest BCUT2D eigenvalue weighted by Crippen LogP contribution is 2.30. The van der Waals surface area contributed by atoms with E-state index < -0.39 is 0 Å². The van der Waals surface area contributed by atoms with Gasteiger partial charge in [-0.1, -0.05) is 13.8 Å². The third-order valence-corrected chi connectivity index (χ3v) is 2.69. The SMILES string of the molecule is CCOC1OCN(C(C)C)CC1(C)C. The fourth-order valence-electron chi connectivity index (χ4n) is 1.79. The number of hydrogen-bond donors (Lipinski definition) is 0. The number of ether oxygens (including phenoxy) is 2. The van der Waals surface area contributed by atoms with Crippen LogP contribution in [0.3, 0.4) is 0 Å². The van der Waals surface area contributed by atoms with Crippen LogP contribution in [-0.4, -0.2) is 37.1 Å². The zero-order valence-corrected chi connectivity index (χ0v) is 10.0. The Morgan fingerprint density at radius 1 is 1.50 bits per heavy atom. The van der Waals surface area contributed by atoms with Crippen molar-refractivity contribution in [2.24, 2.45) is 5.41 Å². The molecule has 0 saturated carbocycles. The van der Waals surface area contributed by atoms with E-state index in [1.807, 2.05) is 6.92 Å². The maximum Gasteiger partial charge on any atom is 0.165 e. The Morgan fingerprint density at radius 3 is 2.57 bits per heavy atom. The van der Waals surface area contributed by atoms with Crippen LogP contribution in [0.15, 0.2) is 0 Å². The summed E-state index contributed by atoms with van der Waals surface area (Å²) in [5.41, 5.74) is 0.0819. The third kappa shape index (κ3) is 2.69. The molecular weight excluding hydrogens is 178 g/mol. The number of hydrogen-bond acceptors (Lipinski definition) is 3. The van der Waals surface area contributed by atoms with Crippen molar-refractivity contribution in [3.63, 3.8) is 0 Å². The monoisotopic (exact) mass is 201 g/mol. The van der Waals surface area contributed by atoms with E-state index in [-0.39, 0.29) is 11.7 Å². The van der Waals surface area contributed by atoms with Gasteiger partial charge in [0, 0.05) is 24.6 Å². The Balaban J connectivity index is 2.56. The fraction of sp³-hybridized carbons (Fsp3) is 1.00. The van der Waals surface area contributed by atoms with E-state index in [0.29, 0.717) is 12.8 Å². The molecule has 0 aliphatic carbocycles. The van der Waals surface area contributed by atoms with Gasteiger partial charge < -0.3 is 9.47 Å². The van der Waals surface area contributed by atoms with Crippen LogP contribution in [0.1, 0.15) is 34.6 Å². The van der Waals surface area contributed by atoms with Crippen LogP contribution in [0.4, 0.5) is 0 Å². The van der Waals surface area contributed by atoms with Gasteiger partial charge in [-0.15, -0.1) is 0 Å². The normalized spacial score (nSPS) is 28.3. The molecule has 3 nitrogen and oxygen atoms in total. The Hall–Kier alpha value is -0.120. The van der Waals surface area contributed by atoms with Gasteiger partial charge in [0.2, 0.25) is 0 Å². The van der Waals surface area contributed by atoms with Gasteiger partial charge in [-0.2, -0.15) is 0 Å². The minimum atomic E-state index is -0.0532. The Kier molecular flexibility index (Phi) is 3.93. The molecule has 0 N–H and O–H groups in total. The molecule has 0 aromatic rings. The molecule has 0 bridgehead atoms. The molecule has 84 valence electrons. The van der Waals surface area contributed by atoms with E-state index in [0.717, 1.165) is 13.2 Å². The standard InChI is InChI=1S/C11H23NO2/c1-6-13-10-11(4,5)7-12(8-14-10)9(2)3/h9-10H,6-8H2,1-5H3. The van der Waals surface area contributed by atoms with E-state index in [1.165, 1.54) is 0 Å². The fourth-order valence-corrected chi connectivity index (χ4v) is 1.79. The molecule has 0 amide bonds. The van der Waals surface area contributed by atoms with E-state index in [1.54, 1.807) is 0 Å². The second-order valence-electron chi connectivity index (χ2n) is 4.91. The smallest absolute Gasteiger partial charge is 0.165 e. The molecule has 0 aromatic heterocycles. The summed E-state index contributed by atoms with van der Waals surface area (Å²) in [6.07, 6.45) is -0.0532. The molecule has 1 fully saturated rings. The van der Waals surface area contributed by atoms with Crippen molar-refractivity contribution in [3.8, 4) is 0 Å². The Bertz CT molecular complexity index is 180. The van der Waals surface area contributed by atoms with Gasteiger partial charge in [-0.05, 0) is 20.8 Å². The van der Waals surface area contributed by atoms with Crippen molar-refractivity contribution < 1.29 is 9.47 Å². The summed E-state index contributed by atoms with van der Waals surface area (Å²) in [4.78, 5) is 2.33. The summed E-state index contributed by atoms with van der Waals surface area (Å²) >= 11 is 0. The van der Waals surface area contributed by atoms with Crippen molar-refractivity contribution in [2.75, 3.05) is 19.9 Å². The molecule has 1 aliphatic rings. The molecule has 1 rings (SSSR count). The van der Waals surface area contributed by atoms with Gasteiger partial charge >= 0.3 is 0 Å². The zero-order chi connectivity index (χ0) is 10.8. The van der Waals surface area contributed by atoms with Crippen LogP contribution in [0.2, 0.25) is 0 Å². The van der Waals surface area contributed by atoms with Crippen LogP contribution < -0.4 is 0 Å². The van der Waals surface area contributed by atoms with Gasteiger partial charge in [0.05, 0.1) is 0 Å². The summed E-state index contributed by atoms with van der Waals surface area (Å²) in [5, 5.41) is 0. The van der Waals surface area contributed by atoms with Gasteiger partial charge in [0.15, 0.2) is 6.29 Å². The lowest BCUT2D eigenvalue weighted by Gasteiger charge is -2.44. The Morgan fingerprint density at radius 2 is 2.14 bits per heavy atom. The first-order valence-electron chi connectivity index (χ1n) is 5.44. The van der Waals surface area contributed by atoms with E-state index in [2.05, 4.69) is 32.6 Å². The van der Waals surface area contributed by atoms with Crippen LogP contribution in [-0.2, 0) is 9.47 Å². The molecule has 1 atom stereocenters. The van der Waals surface area contributed by atoms with E-state index in [4.69, 9.17) is 9.47 Å². The van der Waals surface area contributed by atoms with Gasteiger partial charge in [-0.25, -0.2) is 0 Å². The molecule has 1 aliphatic heterocycles. The minimum Gasteiger partial charge on any atom is -0.352 e. The quantitative estimate of drug-likeness (QED) is 0.697. The zero-order valence-electron chi connectivity index (χ0n) is 10.0. The first-order chi connectivity index (χ1) is 6.47. The van der Waals surface area contributed by atoms with Gasteiger partial charge in [0.1, 0.15) is 6.73 Å². The number of rotatable bonds is 3. The van der Waals surface area contributed by atoms with Gasteiger partial charge in [0.25, 0.3) is 0 Å². The molecular formula is C11H23NO2. The largest absolute Gasteiger partial charge is 0.352 e. The summed E-state index contributed by atoms with van der Waals surface area (Å²) < 4.78 is 11.3. The topological polar surface area (TPSA) is 21.7 Å². The lowest BCUT2D eigenvalue weighted by Crippen LogP contribution is -2.53. The highest BCUT2D eigenvalue weighted by molar-refractivity contribution is 4.81. The van der Waals surface area contributed by atoms with Crippen LogP contribution in [0, 0.1) is 5.41 Å². The molecule has 1 unspecified atom stereocenters. The molecule has 14 heavy (non-hydrogen) atoms. The minimum absolute atomic E-state index is 0.0532. The highest BCUT2D eigenvalue weighted by atomic mass is 16.7. The van der Waals surface area contributed by atoms with Crippen LogP contribution in [0.25, 0.3) is 0 Å². The maximum absolute atomic E-state index is 5.71. The van der Waals surface area contributed by atoms with E-state index >= 15 is 0 Å². The van der Waals surface area contributed by atoms with Crippen molar-refractivity contribution in [2.45, 2.75) is 47.0 Å². The van der Waals surface area contributed by atoms with Crippen LogP contribution in [0.5, 0.6) is 0 Å². The molecule has 1 heterocycles. The molecule has 0 radical (unpaired) electrons. The molecule has 0 spiro atoms. The van der Waals surface area contributed by atoms with Crippen LogP contribution >= 0.6 is 0 Å². The first kappa shape index (κ1) is 12.0. The van der Waals surface area contributed by atoms with Crippen molar-refractivity contribution >= 4 is 0 Å². The molecule has 3 heteroatoms. The predicted octanol–water partition coefficient (Wildman–Crippen LogP) is 2.07. The Labute approximate surface area is 87.4 Å². The van der Waals surface area contributed by atoms with Crippen molar-refractivity contribution in [1.82, 2.24) is 4.90 Å². The first-order valence-corrected chi connectivity index (χ1v) is 5.44. The van der Waals surface area contributed by atoms with Crippen molar-refractivity contribution in [3.05, 3.63) is 0 Å². The summed E-state index contributed by atoms with van der Waals surface area (Å²) in [6, 6.07) is 0.539. The molecule has 1 saturated heterocycles. The summed E-state index contributed by atoms with van der Waals surface area (Å²) in [5.74, 6) is 0. The second-order valence-corrected chi connectivity index (χ2v) is 4.91. The summed E-state index contributed by atoms with van der Waals surface area (Å²) in [6.45, 7) is 13.2. The van der Waals surface area contributed by atoms with E-state index in [9.17, 15) is 0 Å².